The summed E-state index contributed by atoms with van der Waals surface area (Å²) in [4.78, 5) is 63.5. The maximum Gasteiger partial charge on any atom is 0.522 e. The van der Waals surface area contributed by atoms with E-state index in [9.17, 15) is 50.3 Å². The van der Waals surface area contributed by atoms with Crippen LogP contribution in [-0.2, 0) is 28.7 Å². The highest BCUT2D eigenvalue weighted by Gasteiger charge is 2.37. The van der Waals surface area contributed by atoms with Gasteiger partial charge in [-0.1, -0.05) is 12.8 Å². The Hall–Kier alpha value is -3.04. The molecule has 1 aliphatic heterocycles. The van der Waals surface area contributed by atoms with Gasteiger partial charge in [-0.25, -0.2) is 4.99 Å². The van der Waals surface area contributed by atoms with Gasteiger partial charge in [-0.2, -0.15) is 13.2 Å². The quantitative estimate of drug-likeness (QED) is 0.205. The lowest BCUT2D eigenvalue weighted by Crippen LogP contribution is -2.47. The SMILES string of the molecule is O=C(N=CC(CC1CC1)C(=O)N[C@@H](C[C@@H]1CCNC1=O)C(=O)COC(F)(F)F)C(=O)NCC(F)(F)F. The second-order valence-corrected chi connectivity index (χ2v) is 8.44. The number of halogens is 6. The molecular formula is C20H24F6N4O6. The molecule has 1 saturated heterocycles. The van der Waals surface area contributed by atoms with Gasteiger partial charge in [0.05, 0.1) is 12.0 Å². The van der Waals surface area contributed by atoms with E-state index in [1.807, 2.05) is 0 Å². The second kappa shape index (κ2) is 12.3. The highest BCUT2D eigenvalue weighted by atomic mass is 19.4. The van der Waals surface area contributed by atoms with E-state index in [-0.39, 0.29) is 31.7 Å². The van der Waals surface area contributed by atoms with Crippen molar-refractivity contribution < 1.29 is 55.1 Å². The third-order valence-corrected chi connectivity index (χ3v) is 5.40. The van der Waals surface area contributed by atoms with E-state index in [1.165, 1.54) is 5.32 Å². The Morgan fingerprint density at radius 3 is 2.28 bits per heavy atom. The molecule has 1 unspecified atom stereocenters. The van der Waals surface area contributed by atoms with Gasteiger partial charge < -0.3 is 16.0 Å². The third kappa shape index (κ3) is 10.7. The highest BCUT2D eigenvalue weighted by Crippen LogP contribution is 2.35. The molecule has 0 aromatic rings. The number of Topliss-reactive ketones (excluding diaryl/α,β-unsaturated/α-hetero) is 1. The summed E-state index contributed by atoms with van der Waals surface area (Å²) in [5, 5.41) is 6.10. The first-order valence-electron chi connectivity index (χ1n) is 10.9. The molecule has 1 saturated carbocycles. The number of ketones is 1. The van der Waals surface area contributed by atoms with Gasteiger partial charge in [0.2, 0.25) is 11.8 Å². The zero-order valence-corrected chi connectivity index (χ0v) is 18.7. The van der Waals surface area contributed by atoms with Gasteiger partial charge in [0.1, 0.15) is 13.2 Å². The van der Waals surface area contributed by atoms with Crippen molar-refractivity contribution in [3.8, 4) is 0 Å². The van der Waals surface area contributed by atoms with Crippen molar-refractivity contribution in [3.63, 3.8) is 0 Å². The Labute approximate surface area is 200 Å². The summed E-state index contributed by atoms with van der Waals surface area (Å²) in [5.74, 6) is -7.69. The number of carbonyl (C=O) groups excluding carboxylic acids is 5. The number of hydrogen-bond donors (Lipinski definition) is 3. The lowest BCUT2D eigenvalue weighted by atomic mass is 9.94. The van der Waals surface area contributed by atoms with Gasteiger partial charge in [-0.15, -0.1) is 13.2 Å². The monoisotopic (exact) mass is 530 g/mol. The first-order valence-corrected chi connectivity index (χ1v) is 10.9. The third-order valence-electron chi connectivity index (χ3n) is 5.40. The molecule has 2 aliphatic rings. The van der Waals surface area contributed by atoms with Crippen molar-refractivity contribution in [3.05, 3.63) is 0 Å². The molecule has 0 radical (unpaired) electrons. The summed E-state index contributed by atoms with van der Waals surface area (Å²) in [6, 6.07) is -1.53. The van der Waals surface area contributed by atoms with Crippen LogP contribution in [0.2, 0.25) is 0 Å². The van der Waals surface area contributed by atoms with Gasteiger partial charge in [-0.05, 0) is 25.2 Å². The number of aliphatic imine (C=N–C) groups is 1. The van der Waals surface area contributed by atoms with Crippen LogP contribution >= 0.6 is 0 Å². The molecule has 3 atom stereocenters. The minimum atomic E-state index is -5.11. The number of ether oxygens (including phenoxy) is 1. The summed E-state index contributed by atoms with van der Waals surface area (Å²) in [6.07, 6.45) is -7.58. The van der Waals surface area contributed by atoms with Crippen LogP contribution in [0.5, 0.6) is 0 Å². The van der Waals surface area contributed by atoms with Crippen LogP contribution in [0.3, 0.4) is 0 Å². The molecule has 0 aromatic heterocycles. The van der Waals surface area contributed by atoms with Gasteiger partial charge >= 0.3 is 24.4 Å². The van der Waals surface area contributed by atoms with E-state index >= 15 is 0 Å². The number of nitrogens with zero attached hydrogens (tertiary/aromatic N) is 1. The minimum Gasteiger partial charge on any atom is -0.356 e. The normalized spacial score (nSPS) is 20.1. The predicted octanol–water partition coefficient (Wildman–Crippen LogP) is 0.795. The Balaban J connectivity index is 2.09. The number of hydrogen-bond acceptors (Lipinski definition) is 6. The Kier molecular flexibility index (Phi) is 9.95. The molecule has 2 rings (SSSR count). The lowest BCUT2D eigenvalue weighted by molar-refractivity contribution is -0.321. The molecule has 4 amide bonds. The Morgan fingerprint density at radius 1 is 1.08 bits per heavy atom. The van der Waals surface area contributed by atoms with Gasteiger partial charge in [0, 0.05) is 18.7 Å². The number of alkyl halides is 6. The number of nitrogens with one attached hydrogen (secondary N) is 3. The molecule has 0 bridgehead atoms. The van der Waals surface area contributed by atoms with Gasteiger partial charge in [0.15, 0.2) is 5.78 Å². The highest BCUT2D eigenvalue weighted by molar-refractivity contribution is 6.36. The summed E-state index contributed by atoms with van der Waals surface area (Å²) < 4.78 is 77.2. The molecule has 16 heteroatoms. The number of amides is 4. The minimum absolute atomic E-state index is 0.0321. The molecule has 10 nitrogen and oxygen atoms in total. The van der Waals surface area contributed by atoms with E-state index in [4.69, 9.17) is 0 Å². The molecule has 36 heavy (non-hydrogen) atoms. The second-order valence-electron chi connectivity index (χ2n) is 8.44. The van der Waals surface area contributed by atoms with Crippen molar-refractivity contribution >= 4 is 35.6 Å². The lowest BCUT2D eigenvalue weighted by Gasteiger charge is -2.22. The van der Waals surface area contributed by atoms with Gasteiger partial charge in [0.25, 0.3) is 0 Å². The maximum absolute atomic E-state index is 12.8. The van der Waals surface area contributed by atoms with E-state index in [1.54, 1.807) is 0 Å². The molecule has 3 N–H and O–H groups in total. The fourth-order valence-corrected chi connectivity index (χ4v) is 3.38. The molecule has 202 valence electrons. The van der Waals surface area contributed by atoms with Crippen LogP contribution in [0.25, 0.3) is 0 Å². The number of rotatable bonds is 11. The van der Waals surface area contributed by atoms with Crippen molar-refractivity contribution in [2.24, 2.45) is 22.7 Å². The van der Waals surface area contributed by atoms with Crippen LogP contribution in [0.15, 0.2) is 4.99 Å². The largest absolute Gasteiger partial charge is 0.522 e. The van der Waals surface area contributed by atoms with Crippen molar-refractivity contribution in [1.29, 1.82) is 0 Å². The number of carbonyl (C=O) groups is 5. The van der Waals surface area contributed by atoms with Crippen LogP contribution in [-0.4, -0.2) is 73.9 Å². The molecule has 1 heterocycles. The van der Waals surface area contributed by atoms with Gasteiger partial charge in [-0.3, -0.25) is 28.7 Å². The predicted molar refractivity (Wildman–Crippen MR) is 108 cm³/mol. The fraction of sp³-hybridized carbons (Fsp3) is 0.700. The summed E-state index contributed by atoms with van der Waals surface area (Å²) in [5.41, 5.74) is 0. The Morgan fingerprint density at radius 2 is 1.75 bits per heavy atom. The van der Waals surface area contributed by atoms with Crippen LogP contribution in [0.1, 0.15) is 32.1 Å². The average Bonchev–Trinajstić information content (AvgIpc) is 3.51. The molecule has 2 fully saturated rings. The first kappa shape index (κ1) is 29.2. The summed E-state index contributed by atoms with van der Waals surface area (Å²) in [7, 11) is 0. The fourth-order valence-electron chi connectivity index (χ4n) is 3.38. The van der Waals surface area contributed by atoms with E-state index in [2.05, 4.69) is 20.4 Å². The average molecular weight is 530 g/mol. The van der Waals surface area contributed by atoms with E-state index in [0.29, 0.717) is 0 Å². The topological polar surface area (TPSA) is 143 Å². The van der Waals surface area contributed by atoms with E-state index < -0.39 is 73.0 Å². The first-order chi connectivity index (χ1) is 16.6. The van der Waals surface area contributed by atoms with Crippen molar-refractivity contribution in [1.82, 2.24) is 16.0 Å². The van der Waals surface area contributed by atoms with E-state index in [0.717, 1.165) is 19.1 Å². The summed E-state index contributed by atoms with van der Waals surface area (Å²) in [6.45, 7) is -2.90. The zero-order chi connectivity index (χ0) is 27.1. The maximum atomic E-state index is 12.8. The molecule has 0 aromatic carbocycles. The molecule has 0 spiro atoms. The zero-order valence-electron chi connectivity index (χ0n) is 18.7. The van der Waals surface area contributed by atoms with Crippen LogP contribution in [0, 0.1) is 17.8 Å². The van der Waals surface area contributed by atoms with Crippen LogP contribution < -0.4 is 16.0 Å². The molecular weight excluding hydrogens is 506 g/mol. The standard InChI is InChI=1S/C20H24F6N4O6/c21-19(22,23)9-29-18(35)17(34)28-7-12(5-10-1-2-10)16(33)30-13(6-11-3-4-27-15(11)32)14(31)8-36-20(24,25)26/h7,10-13H,1-6,8-9H2,(H,27,32)(H,29,35)(H,30,33)/t11-,12?,13-/m0/s1. The molecule has 1 aliphatic carbocycles. The van der Waals surface area contributed by atoms with Crippen LogP contribution in [0.4, 0.5) is 26.3 Å². The summed E-state index contributed by atoms with van der Waals surface area (Å²) >= 11 is 0. The van der Waals surface area contributed by atoms with Crippen molar-refractivity contribution in [2.45, 2.75) is 50.7 Å². The van der Waals surface area contributed by atoms with Crippen molar-refractivity contribution in [2.75, 3.05) is 19.7 Å². The smallest absolute Gasteiger partial charge is 0.356 e. The Bertz CT molecular complexity index is 887.